The highest BCUT2D eigenvalue weighted by Crippen LogP contribution is 1.93. The zero-order valence-corrected chi connectivity index (χ0v) is 2.77. The summed E-state index contributed by atoms with van der Waals surface area (Å²) >= 11 is 0. The molecule has 1 heteroatoms. The molecule has 1 aliphatic rings. The number of hydrogen-bond donors (Lipinski definition) is 0. The van der Waals surface area contributed by atoms with E-state index in [1.54, 1.807) is 0 Å². The van der Waals surface area contributed by atoms with E-state index in [0.29, 0.717) is 0 Å². The molecule has 5 heavy (non-hydrogen) atoms. The third-order valence-corrected chi connectivity index (χ3v) is 0.449. The molecular formula is C4H6O. The van der Waals surface area contributed by atoms with Gasteiger partial charge in [-0.2, -0.15) is 0 Å². The summed E-state index contributed by atoms with van der Waals surface area (Å²) in [4.78, 5) is 0. The van der Waals surface area contributed by atoms with Gasteiger partial charge in [-0.15, -0.1) is 0 Å². The molecule has 0 aromatic rings. The second kappa shape index (κ2) is 1.11. The highest BCUT2D eigenvalue weighted by Gasteiger charge is 1.83. The van der Waals surface area contributed by atoms with Crippen LogP contribution < -0.4 is 0 Å². The van der Waals surface area contributed by atoms with Gasteiger partial charge in [0.25, 0.3) is 0 Å². The number of ether oxygens (including phenoxy) is 1. The van der Waals surface area contributed by atoms with Gasteiger partial charge in [0.2, 0.25) is 0 Å². The molecule has 1 heterocycles. The van der Waals surface area contributed by atoms with Crippen molar-refractivity contribution in [3.63, 3.8) is 0 Å². The molecule has 0 saturated carbocycles. The molecule has 1 nitrogen and oxygen atoms in total. The Labute approximate surface area is 34.1 Å². The summed E-state index contributed by atoms with van der Waals surface area (Å²) in [5, 5.41) is 0. The monoisotopic (exact) mass is 72.1 g/mol. The summed E-state index contributed by atoms with van der Waals surface area (Å²) in [6, 6.07) is 0. The average molecular weight is 72.1 g/mol. The van der Waals surface area contributed by atoms with Crippen molar-refractivity contribution in [1.29, 1.82) is 0 Å². The van der Waals surface area contributed by atoms with E-state index >= 15 is 0 Å². The van der Waals surface area contributed by atoms with Gasteiger partial charge in [0.05, 0.1) is 12.9 Å². The zero-order valence-electron chi connectivity index (χ0n) is 4.77. The molecule has 0 aliphatic carbocycles. The lowest BCUT2D eigenvalue weighted by atomic mass is 10.5. The molecule has 1 aliphatic heterocycles. The van der Waals surface area contributed by atoms with Gasteiger partial charge in [-0.05, 0) is 6.08 Å². The largest absolute Gasteiger partial charge is 0.501 e. The smallest absolute Gasteiger partial charge is 0.0908 e. The van der Waals surface area contributed by atoms with E-state index in [-0.39, 0.29) is 6.61 Å². The molecule has 1 rings (SSSR count). The van der Waals surface area contributed by atoms with E-state index in [9.17, 15) is 0 Å². The molecule has 0 unspecified atom stereocenters. The predicted molar refractivity (Wildman–Crippen MR) is 19.7 cm³/mol. The normalized spacial score (nSPS) is 35.2. The van der Waals surface area contributed by atoms with Crippen molar-refractivity contribution < 1.29 is 7.48 Å². The Morgan fingerprint density at radius 3 is 3.20 bits per heavy atom. The van der Waals surface area contributed by atoms with E-state index in [1.807, 2.05) is 0 Å². The van der Waals surface area contributed by atoms with Crippen molar-refractivity contribution in [2.75, 3.05) is 6.61 Å². The fourth-order valence-corrected chi connectivity index (χ4v) is 0.241. The van der Waals surface area contributed by atoms with Gasteiger partial charge in [-0.1, -0.05) is 0 Å². The molecule has 28 valence electrons. The first-order valence-electron chi connectivity index (χ1n) is 2.50. The van der Waals surface area contributed by atoms with Crippen LogP contribution in [0.1, 0.15) is 9.11 Å². The van der Waals surface area contributed by atoms with Crippen molar-refractivity contribution in [3.8, 4) is 0 Å². The molecule has 0 radical (unpaired) electrons. The van der Waals surface area contributed by atoms with Crippen molar-refractivity contribution in [1.82, 2.24) is 0 Å². The highest BCUT2D eigenvalue weighted by atomic mass is 16.5. The lowest BCUT2D eigenvalue weighted by molar-refractivity contribution is 0.281. The van der Waals surface area contributed by atoms with Gasteiger partial charge in [0.1, 0.15) is 0 Å². The predicted octanol–water partition coefficient (Wildman–Crippen LogP) is 0.920. The second-order valence-electron chi connectivity index (χ2n) is 0.818. The Kier molecular flexibility index (Phi) is 0.295. The molecule has 0 spiro atoms. The van der Waals surface area contributed by atoms with Crippen LogP contribution in [0.2, 0.25) is 0 Å². The summed E-state index contributed by atoms with van der Waals surface area (Å²) < 4.78 is 18.5. The van der Waals surface area contributed by atoms with Crippen molar-refractivity contribution in [2.24, 2.45) is 0 Å². The molecular weight excluding hydrogens is 64.0 g/mol. The minimum Gasteiger partial charge on any atom is -0.501 e. The average Bonchev–Trinajstić information content (AvgIpc) is 1.84. The molecule has 0 aromatic heterocycles. The number of rotatable bonds is 0. The van der Waals surface area contributed by atoms with Crippen molar-refractivity contribution in [3.05, 3.63) is 12.3 Å². The van der Waals surface area contributed by atoms with Gasteiger partial charge in [0.15, 0.2) is 0 Å². The summed E-state index contributed by atoms with van der Waals surface area (Å²) in [5.74, 6) is 0. The van der Waals surface area contributed by atoms with Crippen molar-refractivity contribution >= 4 is 0 Å². The molecule has 0 N–H and O–H groups in total. The van der Waals surface area contributed by atoms with Crippen LogP contribution in [-0.4, -0.2) is 6.61 Å². The maximum Gasteiger partial charge on any atom is 0.0908 e. The first-order chi connectivity index (χ1) is 3.21. The third-order valence-electron chi connectivity index (χ3n) is 0.449. The topological polar surface area (TPSA) is 9.23 Å². The van der Waals surface area contributed by atoms with E-state index < -0.39 is 6.37 Å². The van der Waals surface area contributed by atoms with Crippen LogP contribution >= 0.6 is 0 Å². The highest BCUT2D eigenvalue weighted by molar-refractivity contribution is 4.78. The van der Waals surface area contributed by atoms with E-state index in [4.69, 9.17) is 2.74 Å². The molecule has 0 bridgehead atoms. The third kappa shape index (κ3) is 0.407. The molecule has 0 fully saturated rings. The van der Waals surface area contributed by atoms with Gasteiger partial charge >= 0.3 is 0 Å². The molecule has 0 atom stereocenters. The number of hydrogen-bond acceptors (Lipinski definition) is 1. The maximum absolute atomic E-state index is 6.94. The summed E-state index contributed by atoms with van der Waals surface area (Å²) in [5.41, 5.74) is 0. The molecule has 0 aromatic carbocycles. The van der Waals surface area contributed by atoms with Crippen LogP contribution in [0.4, 0.5) is 0 Å². The lowest BCUT2D eigenvalue weighted by Crippen LogP contribution is -1.70. The molecule has 0 saturated heterocycles. The van der Waals surface area contributed by atoms with Gasteiger partial charge in [0, 0.05) is 9.11 Å². The Bertz CT molecular complexity index is 97.9. The summed E-state index contributed by atoms with van der Waals surface area (Å²) in [7, 11) is 0. The lowest BCUT2D eigenvalue weighted by Gasteiger charge is -1.79. The standard InChI is InChI=1S/C4H6O/c1-2-4-5-3-1/h1,3H,2,4H2/i2D2. The van der Waals surface area contributed by atoms with E-state index in [2.05, 4.69) is 4.74 Å². The van der Waals surface area contributed by atoms with Crippen LogP contribution in [-0.2, 0) is 4.74 Å². The van der Waals surface area contributed by atoms with E-state index in [1.165, 1.54) is 12.3 Å². The Balaban J connectivity index is 2.57. The first-order valence-corrected chi connectivity index (χ1v) is 1.50. The summed E-state index contributed by atoms with van der Waals surface area (Å²) in [6.45, 7) is 0.174. The Morgan fingerprint density at radius 2 is 3.00 bits per heavy atom. The van der Waals surface area contributed by atoms with E-state index in [0.717, 1.165) is 0 Å². The maximum atomic E-state index is 6.94. The second-order valence-corrected chi connectivity index (χ2v) is 0.818. The van der Waals surface area contributed by atoms with Crippen LogP contribution in [0.15, 0.2) is 12.3 Å². The van der Waals surface area contributed by atoms with Gasteiger partial charge in [-0.25, -0.2) is 0 Å². The van der Waals surface area contributed by atoms with Gasteiger partial charge < -0.3 is 4.74 Å². The Morgan fingerprint density at radius 1 is 2.00 bits per heavy atom. The van der Waals surface area contributed by atoms with Crippen LogP contribution in [0.5, 0.6) is 0 Å². The fourth-order valence-electron chi connectivity index (χ4n) is 0.241. The minimum atomic E-state index is -1.21. The van der Waals surface area contributed by atoms with Crippen molar-refractivity contribution in [2.45, 2.75) is 6.37 Å². The molecule has 0 amide bonds. The first kappa shape index (κ1) is 1.33. The quantitative estimate of drug-likeness (QED) is 0.413. The Hall–Kier alpha value is -0.460. The summed E-state index contributed by atoms with van der Waals surface area (Å²) in [6.07, 6.45) is 1.59. The minimum absolute atomic E-state index is 0.174. The SMILES string of the molecule is [2H]C1([2H])C=COC1. The van der Waals surface area contributed by atoms with Crippen LogP contribution in [0, 0.1) is 0 Å². The fraction of sp³-hybridized carbons (Fsp3) is 0.500. The van der Waals surface area contributed by atoms with Crippen LogP contribution in [0.3, 0.4) is 0 Å². The van der Waals surface area contributed by atoms with Crippen LogP contribution in [0.25, 0.3) is 0 Å². The zero-order chi connectivity index (χ0) is 5.33. The van der Waals surface area contributed by atoms with Gasteiger partial charge in [-0.3, -0.25) is 0 Å².